The Kier molecular flexibility index (Phi) is 4.95. The highest BCUT2D eigenvalue weighted by Crippen LogP contribution is 2.23. The molecule has 1 atom stereocenters. The van der Waals surface area contributed by atoms with Crippen molar-refractivity contribution >= 4 is 33.0 Å². The maximum atomic E-state index is 12.2. The minimum Gasteiger partial charge on any atom is -0.301 e. The largest absolute Gasteiger partial charge is 0.301 e. The van der Waals surface area contributed by atoms with E-state index in [1.807, 2.05) is 11.4 Å². The van der Waals surface area contributed by atoms with E-state index in [-0.39, 0.29) is 5.78 Å². The van der Waals surface area contributed by atoms with E-state index < -0.39 is 0 Å². The number of thiophene rings is 1. The summed E-state index contributed by atoms with van der Waals surface area (Å²) < 4.78 is 0.929. The lowest BCUT2D eigenvalue weighted by Crippen LogP contribution is -2.52. The molecule has 18 heavy (non-hydrogen) atoms. The van der Waals surface area contributed by atoms with Crippen LogP contribution in [0.5, 0.6) is 0 Å². The Hall–Kier alpha value is -0.230. The summed E-state index contributed by atoms with van der Waals surface area (Å²) in [6.45, 7) is 5.80. The molecule has 2 rings (SSSR count). The summed E-state index contributed by atoms with van der Waals surface area (Å²) in [7, 11) is 2.17. The number of halogens is 1. The second kappa shape index (κ2) is 6.28. The molecular formula is C13H19BrN2OS. The Morgan fingerprint density at radius 1 is 1.56 bits per heavy atom. The third-order valence-corrected chi connectivity index (χ3v) is 5.45. The number of ketones is 1. The van der Waals surface area contributed by atoms with Gasteiger partial charge in [-0.25, -0.2) is 0 Å². The molecule has 0 spiro atoms. The van der Waals surface area contributed by atoms with Gasteiger partial charge in [0.1, 0.15) is 0 Å². The summed E-state index contributed by atoms with van der Waals surface area (Å²) >= 11 is 4.95. The predicted octanol–water partition coefficient (Wildman–Crippen LogP) is 2.72. The highest BCUT2D eigenvalue weighted by molar-refractivity contribution is 9.10. The molecule has 1 fully saturated rings. The molecule has 100 valence electrons. The molecule has 1 unspecified atom stereocenters. The van der Waals surface area contributed by atoms with Crippen molar-refractivity contribution in [1.82, 2.24) is 9.80 Å². The third-order valence-electron chi connectivity index (χ3n) is 3.57. The topological polar surface area (TPSA) is 23.6 Å². The fourth-order valence-electron chi connectivity index (χ4n) is 2.36. The van der Waals surface area contributed by atoms with Crippen LogP contribution in [0.4, 0.5) is 0 Å². The van der Waals surface area contributed by atoms with E-state index in [4.69, 9.17) is 0 Å². The van der Waals surface area contributed by atoms with Crippen LogP contribution in [-0.4, -0.2) is 54.9 Å². The lowest BCUT2D eigenvalue weighted by molar-refractivity contribution is 0.0745. The molecule has 1 aromatic heterocycles. The monoisotopic (exact) mass is 330 g/mol. The normalized spacial score (nSPS) is 22.3. The van der Waals surface area contributed by atoms with Crippen LogP contribution < -0.4 is 0 Å². The Labute approximate surface area is 121 Å². The molecule has 1 aliphatic rings. The van der Waals surface area contributed by atoms with Gasteiger partial charge in [-0.15, -0.1) is 11.3 Å². The van der Waals surface area contributed by atoms with Crippen LogP contribution in [0.25, 0.3) is 0 Å². The molecule has 0 N–H and O–H groups in total. The maximum Gasteiger partial charge on any atom is 0.187 e. The first-order chi connectivity index (χ1) is 8.61. The second-order valence-electron chi connectivity index (χ2n) is 4.80. The van der Waals surface area contributed by atoms with E-state index in [9.17, 15) is 4.79 Å². The highest BCUT2D eigenvalue weighted by Gasteiger charge is 2.25. The summed E-state index contributed by atoms with van der Waals surface area (Å²) in [5.74, 6) is 0.233. The molecule has 0 radical (unpaired) electrons. The van der Waals surface area contributed by atoms with Crippen molar-refractivity contribution < 1.29 is 4.79 Å². The van der Waals surface area contributed by atoms with E-state index >= 15 is 0 Å². The molecule has 1 aliphatic heterocycles. The lowest BCUT2D eigenvalue weighted by Gasteiger charge is -2.38. The predicted molar refractivity (Wildman–Crippen MR) is 79.5 cm³/mol. The standard InChI is InChI=1S/C13H19BrN2OS/c1-3-10-8-16(6-5-15(10)2)9-12(17)13-11(14)4-7-18-13/h4,7,10H,3,5-6,8-9H2,1-2H3. The van der Waals surface area contributed by atoms with Crippen LogP contribution in [0.15, 0.2) is 15.9 Å². The lowest BCUT2D eigenvalue weighted by atomic mass is 10.1. The third kappa shape index (κ3) is 3.20. The Morgan fingerprint density at radius 3 is 2.94 bits per heavy atom. The van der Waals surface area contributed by atoms with Gasteiger partial charge in [0, 0.05) is 30.1 Å². The molecule has 3 nitrogen and oxygen atoms in total. The van der Waals surface area contributed by atoms with Gasteiger partial charge in [-0.3, -0.25) is 9.69 Å². The van der Waals surface area contributed by atoms with Crippen LogP contribution in [0.1, 0.15) is 23.0 Å². The summed E-state index contributed by atoms with van der Waals surface area (Å²) in [4.78, 5) is 17.7. The molecule has 0 amide bonds. The Morgan fingerprint density at radius 2 is 2.33 bits per heavy atom. The zero-order valence-electron chi connectivity index (χ0n) is 10.9. The first kappa shape index (κ1) is 14.2. The molecule has 1 aromatic rings. The zero-order valence-corrected chi connectivity index (χ0v) is 13.3. The number of carbonyl (C=O) groups excluding carboxylic acids is 1. The van der Waals surface area contributed by atoms with Crippen molar-refractivity contribution in [2.45, 2.75) is 19.4 Å². The van der Waals surface area contributed by atoms with Gasteiger partial charge in [0.15, 0.2) is 5.78 Å². The minimum atomic E-state index is 0.233. The van der Waals surface area contributed by atoms with Crippen molar-refractivity contribution in [3.8, 4) is 0 Å². The molecule has 0 bridgehead atoms. The summed E-state index contributed by atoms with van der Waals surface area (Å²) in [5.41, 5.74) is 0. The van der Waals surface area contributed by atoms with Crippen LogP contribution in [0.3, 0.4) is 0 Å². The molecule has 0 aliphatic carbocycles. The number of hydrogen-bond donors (Lipinski definition) is 0. The van der Waals surface area contributed by atoms with Crippen molar-refractivity contribution in [3.05, 3.63) is 20.8 Å². The molecule has 1 saturated heterocycles. The van der Waals surface area contributed by atoms with Crippen LogP contribution >= 0.6 is 27.3 Å². The van der Waals surface area contributed by atoms with Gasteiger partial charge < -0.3 is 4.90 Å². The van der Waals surface area contributed by atoms with Crippen LogP contribution in [-0.2, 0) is 0 Å². The average Bonchev–Trinajstić information content (AvgIpc) is 2.78. The first-order valence-corrected chi connectivity index (χ1v) is 7.98. The summed E-state index contributed by atoms with van der Waals surface area (Å²) in [6, 6.07) is 2.52. The number of carbonyl (C=O) groups is 1. The van der Waals surface area contributed by atoms with E-state index in [1.165, 1.54) is 11.3 Å². The van der Waals surface area contributed by atoms with E-state index in [0.717, 1.165) is 35.4 Å². The second-order valence-corrected chi connectivity index (χ2v) is 6.57. The molecule has 0 saturated carbocycles. The average molecular weight is 331 g/mol. The SMILES string of the molecule is CCC1CN(CC(=O)c2sccc2Br)CCN1C. The van der Waals surface area contributed by atoms with Crippen molar-refractivity contribution in [2.75, 3.05) is 33.2 Å². The highest BCUT2D eigenvalue weighted by atomic mass is 79.9. The Bertz CT molecular complexity index is 421. The number of hydrogen-bond acceptors (Lipinski definition) is 4. The maximum absolute atomic E-state index is 12.2. The van der Waals surface area contributed by atoms with Gasteiger partial charge in [-0.1, -0.05) is 6.92 Å². The van der Waals surface area contributed by atoms with Gasteiger partial charge in [0.2, 0.25) is 0 Å². The summed E-state index contributed by atoms with van der Waals surface area (Å²) in [5, 5.41) is 1.95. The first-order valence-electron chi connectivity index (χ1n) is 6.30. The van der Waals surface area contributed by atoms with Crippen molar-refractivity contribution in [1.29, 1.82) is 0 Å². The number of likely N-dealkylation sites (N-methyl/N-ethyl adjacent to an activating group) is 1. The summed E-state index contributed by atoms with van der Waals surface area (Å²) in [6.07, 6.45) is 1.14. The van der Waals surface area contributed by atoms with Gasteiger partial charge in [0.05, 0.1) is 11.4 Å². The van der Waals surface area contributed by atoms with Crippen molar-refractivity contribution in [3.63, 3.8) is 0 Å². The quantitative estimate of drug-likeness (QED) is 0.793. The van der Waals surface area contributed by atoms with Crippen LogP contribution in [0.2, 0.25) is 0 Å². The molecule has 0 aromatic carbocycles. The number of Topliss-reactive ketones (excluding diaryl/α,β-unsaturated/α-hetero) is 1. The molecule has 5 heteroatoms. The van der Waals surface area contributed by atoms with E-state index in [2.05, 4.69) is 39.7 Å². The van der Waals surface area contributed by atoms with Gasteiger partial charge in [-0.2, -0.15) is 0 Å². The molecule has 2 heterocycles. The number of rotatable bonds is 4. The fraction of sp³-hybridized carbons (Fsp3) is 0.615. The number of nitrogens with zero attached hydrogens (tertiary/aromatic N) is 2. The Balaban J connectivity index is 1.94. The minimum absolute atomic E-state index is 0.233. The van der Waals surface area contributed by atoms with Crippen molar-refractivity contribution in [2.24, 2.45) is 0 Å². The van der Waals surface area contributed by atoms with Gasteiger partial charge in [-0.05, 0) is 40.8 Å². The van der Waals surface area contributed by atoms with Crippen LogP contribution in [0, 0.1) is 0 Å². The van der Waals surface area contributed by atoms with Gasteiger partial charge >= 0.3 is 0 Å². The fourth-order valence-corrected chi connectivity index (χ4v) is 3.89. The van der Waals surface area contributed by atoms with Gasteiger partial charge in [0.25, 0.3) is 0 Å². The number of piperazine rings is 1. The zero-order chi connectivity index (χ0) is 13.1. The van der Waals surface area contributed by atoms with E-state index in [1.54, 1.807) is 0 Å². The smallest absolute Gasteiger partial charge is 0.187 e. The van der Waals surface area contributed by atoms with E-state index in [0.29, 0.717) is 12.6 Å². The molecular weight excluding hydrogens is 312 g/mol.